The van der Waals surface area contributed by atoms with Crippen LogP contribution in [0.2, 0.25) is 0 Å². The van der Waals surface area contributed by atoms with Crippen LogP contribution in [0.25, 0.3) is 0 Å². The number of methoxy groups -OCH3 is 1. The van der Waals surface area contributed by atoms with E-state index in [-0.39, 0.29) is 0 Å². The molecular weight excluding hydrogens is 222 g/mol. The summed E-state index contributed by atoms with van der Waals surface area (Å²) in [5.74, 6) is -0.507. The van der Waals surface area contributed by atoms with Gasteiger partial charge in [-0.25, -0.2) is 9.59 Å². The number of anilines is 2. The molecule has 6 nitrogen and oxygen atoms in total. The number of rotatable bonds is 3. The van der Waals surface area contributed by atoms with E-state index in [2.05, 4.69) is 15.4 Å². The van der Waals surface area contributed by atoms with Gasteiger partial charge in [0, 0.05) is 11.4 Å². The smallest absolute Gasteiger partial charge is 0.328 e. The lowest BCUT2D eigenvalue weighted by Crippen LogP contribution is -2.41. The number of esters is 1. The highest BCUT2D eigenvalue weighted by Gasteiger charge is 2.15. The van der Waals surface area contributed by atoms with Crippen molar-refractivity contribution >= 4 is 23.4 Å². The average Bonchev–Trinajstić information content (AvgIpc) is 2.27. The van der Waals surface area contributed by atoms with Gasteiger partial charge < -0.3 is 21.1 Å². The van der Waals surface area contributed by atoms with Crippen molar-refractivity contribution in [3.8, 4) is 0 Å². The van der Waals surface area contributed by atoms with E-state index in [0.29, 0.717) is 11.4 Å². The van der Waals surface area contributed by atoms with Crippen molar-refractivity contribution in [3.05, 3.63) is 24.3 Å². The van der Waals surface area contributed by atoms with Crippen LogP contribution in [0, 0.1) is 0 Å². The van der Waals surface area contributed by atoms with Crippen molar-refractivity contribution in [2.75, 3.05) is 18.2 Å². The number of amides is 2. The highest BCUT2D eigenvalue weighted by Crippen LogP contribution is 2.11. The van der Waals surface area contributed by atoms with Crippen LogP contribution in [0.4, 0.5) is 16.2 Å². The molecule has 4 N–H and O–H groups in total. The van der Waals surface area contributed by atoms with Gasteiger partial charge in [-0.2, -0.15) is 0 Å². The Kier molecular flexibility index (Phi) is 4.33. The average molecular weight is 237 g/mol. The quantitative estimate of drug-likeness (QED) is 0.539. The molecule has 0 radical (unpaired) electrons. The van der Waals surface area contributed by atoms with Crippen molar-refractivity contribution in [2.24, 2.45) is 0 Å². The largest absolute Gasteiger partial charge is 0.467 e. The summed E-state index contributed by atoms with van der Waals surface area (Å²) in [6.45, 7) is 1.53. The van der Waals surface area contributed by atoms with E-state index in [4.69, 9.17) is 5.73 Å². The molecule has 0 saturated carbocycles. The molecule has 1 aromatic carbocycles. The first kappa shape index (κ1) is 12.8. The second-order valence-corrected chi connectivity index (χ2v) is 3.47. The van der Waals surface area contributed by atoms with Crippen molar-refractivity contribution in [1.82, 2.24) is 5.32 Å². The Bertz CT molecular complexity index is 420. The summed E-state index contributed by atoms with van der Waals surface area (Å²) in [5, 5.41) is 4.99. The normalized spacial score (nSPS) is 11.4. The van der Waals surface area contributed by atoms with Crippen LogP contribution in [0.5, 0.6) is 0 Å². The number of ether oxygens (including phenoxy) is 1. The van der Waals surface area contributed by atoms with Crippen LogP contribution in [0.1, 0.15) is 6.92 Å². The molecule has 1 unspecified atom stereocenters. The van der Waals surface area contributed by atoms with Crippen molar-refractivity contribution in [2.45, 2.75) is 13.0 Å². The Morgan fingerprint density at radius 3 is 2.71 bits per heavy atom. The molecule has 0 spiro atoms. The predicted molar refractivity (Wildman–Crippen MR) is 64.5 cm³/mol. The first-order chi connectivity index (χ1) is 8.02. The summed E-state index contributed by atoms with van der Waals surface area (Å²) < 4.78 is 4.48. The van der Waals surface area contributed by atoms with Crippen LogP contribution in [-0.4, -0.2) is 25.2 Å². The van der Waals surface area contributed by atoms with E-state index in [1.807, 2.05) is 0 Å². The number of benzene rings is 1. The minimum atomic E-state index is -0.707. The number of nitrogens with two attached hydrogens (primary N) is 1. The highest BCUT2D eigenvalue weighted by atomic mass is 16.5. The summed E-state index contributed by atoms with van der Waals surface area (Å²) in [5.41, 5.74) is 6.66. The van der Waals surface area contributed by atoms with E-state index < -0.39 is 18.0 Å². The molecule has 0 bridgehead atoms. The Morgan fingerprint density at radius 2 is 2.12 bits per heavy atom. The van der Waals surface area contributed by atoms with Gasteiger partial charge in [-0.05, 0) is 25.1 Å². The molecule has 0 aromatic heterocycles. The third-order valence-corrected chi connectivity index (χ3v) is 2.05. The second kappa shape index (κ2) is 5.74. The fourth-order valence-corrected chi connectivity index (χ4v) is 1.22. The topological polar surface area (TPSA) is 93.4 Å². The maximum atomic E-state index is 11.5. The predicted octanol–water partition coefficient (Wildman–Crippen LogP) is 0.952. The van der Waals surface area contributed by atoms with Gasteiger partial charge in [-0.3, -0.25) is 0 Å². The van der Waals surface area contributed by atoms with E-state index >= 15 is 0 Å². The van der Waals surface area contributed by atoms with Gasteiger partial charge in [-0.1, -0.05) is 6.07 Å². The van der Waals surface area contributed by atoms with Crippen LogP contribution < -0.4 is 16.4 Å². The first-order valence-corrected chi connectivity index (χ1v) is 5.04. The third-order valence-electron chi connectivity index (χ3n) is 2.05. The van der Waals surface area contributed by atoms with Crippen LogP contribution in [0.3, 0.4) is 0 Å². The Labute approximate surface area is 99.1 Å². The molecular formula is C11H15N3O3. The zero-order chi connectivity index (χ0) is 12.8. The summed E-state index contributed by atoms with van der Waals surface area (Å²) in [7, 11) is 1.26. The van der Waals surface area contributed by atoms with Gasteiger partial charge in [0.2, 0.25) is 0 Å². The highest BCUT2D eigenvalue weighted by molar-refractivity contribution is 5.92. The molecule has 1 aromatic rings. The fraction of sp³-hybridized carbons (Fsp3) is 0.273. The van der Waals surface area contributed by atoms with E-state index in [1.54, 1.807) is 24.3 Å². The van der Waals surface area contributed by atoms with Crippen molar-refractivity contribution in [1.29, 1.82) is 0 Å². The molecule has 0 aliphatic rings. The zero-order valence-corrected chi connectivity index (χ0v) is 9.69. The number of nitrogens with one attached hydrogen (secondary N) is 2. The molecule has 0 saturated heterocycles. The lowest BCUT2D eigenvalue weighted by Gasteiger charge is -2.12. The van der Waals surface area contributed by atoms with Gasteiger partial charge in [-0.15, -0.1) is 0 Å². The standard InChI is InChI=1S/C11H15N3O3/c1-7(10(15)17-2)13-11(16)14-9-5-3-4-8(12)6-9/h3-7H,12H2,1-2H3,(H2,13,14,16). The maximum Gasteiger partial charge on any atom is 0.328 e. The van der Waals surface area contributed by atoms with Gasteiger partial charge in [0.25, 0.3) is 0 Å². The van der Waals surface area contributed by atoms with Gasteiger partial charge in [0.05, 0.1) is 7.11 Å². The fourth-order valence-electron chi connectivity index (χ4n) is 1.22. The molecule has 1 atom stereocenters. The summed E-state index contributed by atoms with van der Waals surface area (Å²) in [4.78, 5) is 22.6. The van der Waals surface area contributed by atoms with Crippen molar-refractivity contribution in [3.63, 3.8) is 0 Å². The molecule has 0 aliphatic heterocycles. The summed E-state index contributed by atoms with van der Waals surface area (Å²) in [6.07, 6.45) is 0. The monoisotopic (exact) mass is 237 g/mol. The minimum absolute atomic E-state index is 0.492. The lowest BCUT2D eigenvalue weighted by atomic mass is 10.3. The molecule has 92 valence electrons. The number of urea groups is 1. The molecule has 0 aliphatic carbocycles. The van der Waals surface area contributed by atoms with E-state index in [1.165, 1.54) is 14.0 Å². The number of hydrogen-bond acceptors (Lipinski definition) is 4. The van der Waals surface area contributed by atoms with Gasteiger partial charge in [0.15, 0.2) is 0 Å². The molecule has 1 rings (SSSR count). The molecule has 6 heteroatoms. The van der Waals surface area contributed by atoms with Crippen LogP contribution in [-0.2, 0) is 9.53 Å². The number of carbonyl (C=O) groups excluding carboxylic acids is 2. The molecule has 0 heterocycles. The van der Waals surface area contributed by atoms with Crippen molar-refractivity contribution < 1.29 is 14.3 Å². The number of nitrogen functional groups attached to an aromatic ring is 1. The zero-order valence-electron chi connectivity index (χ0n) is 9.69. The molecule has 2 amide bonds. The number of hydrogen-bond donors (Lipinski definition) is 3. The van der Waals surface area contributed by atoms with Crippen LogP contribution >= 0.6 is 0 Å². The minimum Gasteiger partial charge on any atom is -0.467 e. The van der Waals surface area contributed by atoms with Gasteiger partial charge in [0.1, 0.15) is 6.04 Å². The Morgan fingerprint density at radius 1 is 1.41 bits per heavy atom. The third kappa shape index (κ3) is 4.02. The Hall–Kier alpha value is -2.24. The summed E-state index contributed by atoms with van der Waals surface area (Å²) >= 11 is 0. The number of carbonyl (C=O) groups is 2. The van der Waals surface area contributed by atoms with E-state index in [9.17, 15) is 9.59 Å². The Balaban J connectivity index is 2.53. The summed E-state index contributed by atoms with van der Waals surface area (Å²) in [6, 6.07) is 5.53. The SMILES string of the molecule is COC(=O)C(C)NC(=O)Nc1cccc(N)c1. The lowest BCUT2D eigenvalue weighted by molar-refractivity contribution is -0.142. The first-order valence-electron chi connectivity index (χ1n) is 5.04. The van der Waals surface area contributed by atoms with Crippen LogP contribution in [0.15, 0.2) is 24.3 Å². The van der Waals surface area contributed by atoms with E-state index in [0.717, 1.165) is 0 Å². The molecule has 0 fully saturated rings. The van der Waals surface area contributed by atoms with Gasteiger partial charge >= 0.3 is 12.0 Å². The second-order valence-electron chi connectivity index (χ2n) is 3.47. The molecule has 17 heavy (non-hydrogen) atoms. The maximum absolute atomic E-state index is 11.5.